The topological polar surface area (TPSA) is 52.7 Å². The van der Waals surface area contributed by atoms with Crippen LogP contribution in [0, 0.1) is 11.8 Å². The molecule has 25 heavy (non-hydrogen) atoms. The van der Waals surface area contributed by atoms with E-state index < -0.39 is 0 Å². The maximum atomic E-state index is 12.4. The molecule has 2 fully saturated rings. The van der Waals surface area contributed by atoms with Gasteiger partial charge in [0.2, 0.25) is 11.8 Å². The zero-order valence-corrected chi connectivity index (χ0v) is 15.5. The van der Waals surface area contributed by atoms with E-state index in [0.717, 1.165) is 43.9 Å². The minimum absolute atomic E-state index is 0.0619. The Labute approximate surface area is 154 Å². The van der Waals surface area contributed by atoms with Gasteiger partial charge in [-0.05, 0) is 49.4 Å². The van der Waals surface area contributed by atoms with Crippen molar-refractivity contribution in [3.8, 4) is 0 Å². The van der Waals surface area contributed by atoms with Crippen molar-refractivity contribution in [2.24, 2.45) is 11.8 Å². The van der Waals surface area contributed by atoms with Gasteiger partial charge in [0.25, 0.3) is 0 Å². The fraction of sp³-hybridized carbons (Fsp3) is 0.579. The highest BCUT2D eigenvalue weighted by Gasteiger charge is 2.28. The Kier molecular flexibility index (Phi) is 5.84. The summed E-state index contributed by atoms with van der Waals surface area (Å²) in [4.78, 5) is 28.1. The largest absolute Gasteiger partial charge is 0.371 e. The number of halogens is 1. The molecule has 2 saturated heterocycles. The second kappa shape index (κ2) is 8.09. The van der Waals surface area contributed by atoms with E-state index in [1.807, 2.05) is 24.3 Å². The standard InChI is InChI=1S/C19H26ClN3O2/c1-14(24)22-9-2-3-16(13-22)19(25)21-11-15-8-10-23(12-15)18-6-4-17(20)5-7-18/h4-7,15-16H,2-3,8-13H2,1H3,(H,21,25)/t15-,16-/m1/s1. The predicted molar refractivity (Wildman–Crippen MR) is 99.8 cm³/mol. The number of carbonyl (C=O) groups excluding carboxylic acids is 2. The normalized spacial score (nSPS) is 23.6. The highest BCUT2D eigenvalue weighted by molar-refractivity contribution is 6.30. The van der Waals surface area contributed by atoms with E-state index in [9.17, 15) is 9.59 Å². The third-order valence-electron chi connectivity index (χ3n) is 5.28. The van der Waals surface area contributed by atoms with Gasteiger partial charge in [0.1, 0.15) is 0 Å². The van der Waals surface area contributed by atoms with Crippen LogP contribution in [0.5, 0.6) is 0 Å². The predicted octanol–water partition coefficient (Wildman–Crippen LogP) is 2.54. The summed E-state index contributed by atoms with van der Waals surface area (Å²) in [5.74, 6) is 0.557. The van der Waals surface area contributed by atoms with E-state index in [1.165, 1.54) is 5.69 Å². The molecular weight excluding hydrogens is 338 g/mol. The van der Waals surface area contributed by atoms with E-state index in [1.54, 1.807) is 11.8 Å². The Morgan fingerprint density at radius 3 is 2.64 bits per heavy atom. The number of nitrogens with one attached hydrogen (secondary N) is 1. The average molecular weight is 364 g/mol. The first-order chi connectivity index (χ1) is 12.0. The summed E-state index contributed by atoms with van der Waals surface area (Å²) in [5, 5.41) is 3.86. The van der Waals surface area contributed by atoms with Crippen LogP contribution in [0.2, 0.25) is 5.02 Å². The molecule has 0 radical (unpaired) electrons. The molecule has 2 atom stereocenters. The van der Waals surface area contributed by atoms with Crippen LogP contribution in [0.1, 0.15) is 26.2 Å². The highest BCUT2D eigenvalue weighted by Crippen LogP contribution is 2.25. The Hall–Kier alpha value is -1.75. The second-order valence-electron chi connectivity index (χ2n) is 7.13. The Morgan fingerprint density at radius 1 is 1.16 bits per heavy atom. The molecule has 136 valence electrons. The van der Waals surface area contributed by atoms with Crippen molar-refractivity contribution in [2.75, 3.05) is 37.6 Å². The number of rotatable bonds is 4. The summed E-state index contributed by atoms with van der Waals surface area (Å²) in [6, 6.07) is 7.91. The smallest absolute Gasteiger partial charge is 0.224 e. The summed E-state index contributed by atoms with van der Waals surface area (Å²) in [7, 11) is 0. The number of anilines is 1. The lowest BCUT2D eigenvalue weighted by Crippen LogP contribution is -2.45. The zero-order chi connectivity index (χ0) is 17.8. The SMILES string of the molecule is CC(=O)N1CCC[C@@H](C(=O)NC[C@H]2CCN(c3ccc(Cl)cc3)C2)C1. The lowest BCUT2D eigenvalue weighted by molar-refractivity contribution is -0.134. The molecule has 6 heteroatoms. The molecule has 2 amide bonds. The van der Waals surface area contributed by atoms with Crippen molar-refractivity contribution < 1.29 is 9.59 Å². The molecule has 2 aliphatic rings. The summed E-state index contributed by atoms with van der Waals surface area (Å²) < 4.78 is 0. The minimum Gasteiger partial charge on any atom is -0.371 e. The first kappa shape index (κ1) is 18.1. The van der Waals surface area contributed by atoms with Gasteiger partial charge in [0.05, 0.1) is 5.92 Å². The minimum atomic E-state index is -0.0635. The van der Waals surface area contributed by atoms with Crippen molar-refractivity contribution in [1.82, 2.24) is 10.2 Å². The second-order valence-corrected chi connectivity index (χ2v) is 7.56. The molecule has 0 spiro atoms. The van der Waals surface area contributed by atoms with Gasteiger partial charge >= 0.3 is 0 Å². The van der Waals surface area contributed by atoms with Crippen LogP contribution < -0.4 is 10.2 Å². The Morgan fingerprint density at radius 2 is 1.92 bits per heavy atom. The molecule has 2 heterocycles. The summed E-state index contributed by atoms with van der Waals surface area (Å²) >= 11 is 5.94. The number of nitrogens with zero attached hydrogens (tertiary/aromatic N) is 2. The molecule has 0 unspecified atom stereocenters. The molecule has 0 aromatic heterocycles. The molecule has 1 aromatic carbocycles. The zero-order valence-electron chi connectivity index (χ0n) is 14.7. The van der Waals surface area contributed by atoms with Gasteiger partial charge in [-0.3, -0.25) is 9.59 Å². The summed E-state index contributed by atoms with van der Waals surface area (Å²) in [6.07, 6.45) is 2.86. The van der Waals surface area contributed by atoms with Crippen molar-refractivity contribution >= 4 is 29.1 Å². The monoisotopic (exact) mass is 363 g/mol. The van der Waals surface area contributed by atoms with Crippen LogP contribution in [-0.4, -0.2) is 49.4 Å². The number of piperidine rings is 1. The van der Waals surface area contributed by atoms with Crippen LogP contribution in [0.15, 0.2) is 24.3 Å². The van der Waals surface area contributed by atoms with E-state index in [-0.39, 0.29) is 17.7 Å². The third kappa shape index (κ3) is 4.66. The van der Waals surface area contributed by atoms with E-state index in [4.69, 9.17) is 11.6 Å². The highest BCUT2D eigenvalue weighted by atomic mass is 35.5. The van der Waals surface area contributed by atoms with Gasteiger partial charge in [-0.25, -0.2) is 0 Å². The van der Waals surface area contributed by atoms with E-state index >= 15 is 0 Å². The van der Waals surface area contributed by atoms with Crippen molar-refractivity contribution in [1.29, 1.82) is 0 Å². The van der Waals surface area contributed by atoms with Crippen molar-refractivity contribution in [3.63, 3.8) is 0 Å². The molecule has 0 bridgehead atoms. The molecule has 0 aliphatic carbocycles. The fourth-order valence-electron chi connectivity index (χ4n) is 3.75. The lowest BCUT2D eigenvalue weighted by atomic mass is 9.96. The van der Waals surface area contributed by atoms with Crippen LogP contribution in [-0.2, 0) is 9.59 Å². The van der Waals surface area contributed by atoms with Gasteiger partial charge < -0.3 is 15.1 Å². The summed E-state index contributed by atoms with van der Waals surface area (Å²) in [5.41, 5.74) is 1.18. The first-order valence-electron chi connectivity index (χ1n) is 9.06. The van der Waals surface area contributed by atoms with Crippen LogP contribution >= 0.6 is 11.6 Å². The van der Waals surface area contributed by atoms with Crippen molar-refractivity contribution in [2.45, 2.75) is 26.2 Å². The van der Waals surface area contributed by atoms with Crippen LogP contribution in [0.4, 0.5) is 5.69 Å². The van der Waals surface area contributed by atoms with Crippen LogP contribution in [0.3, 0.4) is 0 Å². The maximum absolute atomic E-state index is 12.4. The molecular formula is C19H26ClN3O2. The van der Waals surface area contributed by atoms with Gasteiger partial charge in [0, 0.05) is 50.4 Å². The van der Waals surface area contributed by atoms with E-state index in [2.05, 4.69) is 10.2 Å². The number of amides is 2. The lowest BCUT2D eigenvalue weighted by Gasteiger charge is -2.31. The van der Waals surface area contributed by atoms with Gasteiger partial charge in [-0.1, -0.05) is 11.6 Å². The maximum Gasteiger partial charge on any atom is 0.224 e. The molecule has 1 aromatic rings. The molecule has 0 saturated carbocycles. The number of benzene rings is 1. The third-order valence-corrected chi connectivity index (χ3v) is 5.53. The van der Waals surface area contributed by atoms with E-state index in [0.29, 0.717) is 19.0 Å². The van der Waals surface area contributed by atoms with Gasteiger partial charge in [0.15, 0.2) is 0 Å². The first-order valence-corrected chi connectivity index (χ1v) is 9.44. The Balaban J connectivity index is 1.45. The quantitative estimate of drug-likeness (QED) is 0.894. The number of hydrogen-bond donors (Lipinski definition) is 1. The summed E-state index contributed by atoms with van der Waals surface area (Å²) in [6.45, 7) is 5.57. The molecule has 5 nitrogen and oxygen atoms in total. The Bertz CT molecular complexity index is 620. The number of likely N-dealkylation sites (tertiary alicyclic amines) is 1. The number of hydrogen-bond acceptors (Lipinski definition) is 3. The van der Waals surface area contributed by atoms with Gasteiger partial charge in [-0.2, -0.15) is 0 Å². The molecule has 2 aliphatic heterocycles. The number of carbonyl (C=O) groups is 2. The van der Waals surface area contributed by atoms with Crippen molar-refractivity contribution in [3.05, 3.63) is 29.3 Å². The fourth-order valence-corrected chi connectivity index (χ4v) is 3.88. The average Bonchev–Trinajstić information content (AvgIpc) is 3.09. The van der Waals surface area contributed by atoms with Crippen LogP contribution in [0.25, 0.3) is 0 Å². The van der Waals surface area contributed by atoms with Gasteiger partial charge in [-0.15, -0.1) is 0 Å². The molecule has 3 rings (SSSR count). The molecule has 1 N–H and O–H groups in total.